The van der Waals surface area contributed by atoms with Gasteiger partial charge in [-0.15, -0.1) is 0 Å². The first-order valence-corrected chi connectivity index (χ1v) is 7.24. The zero-order valence-corrected chi connectivity index (χ0v) is 11.5. The zero-order valence-electron chi connectivity index (χ0n) is 11.5. The minimum absolute atomic E-state index is 0.0441. The predicted octanol–water partition coefficient (Wildman–Crippen LogP) is 1.87. The third-order valence-electron chi connectivity index (χ3n) is 4.31. The Labute approximate surface area is 118 Å². The molecular weight excluding hydrogens is 254 g/mol. The predicted molar refractivity (Wildman–Crippen MR) is 79.7 cm³/mol. The van der Waals surface area contributed by atoms with Gasteiger partial charge in [0.1, 0.15) is 0 Å². The van der Waals surface area contributed by atoms with Crippen LogP contribution in [0.3, 0.4) is 0 Å². The highest BCUT2D eigenvalue weighted by molar-refractivity contribution is 5.95. The highest BCUT2D eigenvalue weighted by atomic mass is 16.3. The van der Waals surface area contributed by atoms with E-state index in [9.17, 15) is 9.90 Å². The summed E-state index contributed by atoms with van der Waals surface area (Å²) >= 11 is 0. The largest absolute Gasteiger partial charge is 0.397 e. The second-order valence-electron chi connectivity index (χ2n) is 5.93. The van der Waals surface area contributed by atoms with Crippen molar-refractivity contribution >= 4 is 23.0 Å². The Balaban J connectivity index is 1.76. The van der Waals surface area contributed by atoms with Gasteiger partial charge in [0.15, 0.2) is 0 Å². The summed E-state index contributed by atoms with van der Waals surface area (Å²) in [6.45, 7) is 0.504. The third kappa shape index (κ3) is 2.58. The Bertz CT molecular complexity index is 536. The molecule has 1 aliphatic heterocycles. The monoisotopic (exact) mass is 275 g/mol. The van der Waals surface area contributed by atoms with Crippen LogP contribution >= 0.6 is 0 Å². The van der Waals surface area contributed by atoms with Gasteiger partial charge in [0.2, 0.25) is 5.91 Å². The maximum Gasteiger partial charge on any atom is 0.224 e. The standard InChI is InChI=1S/C15H21N3O2/c16-11-7-10-3-4-14(19)18-12(10)8-13(11)17-9-15(20)5-1-2-6-15/h7-8,17,20H,1-6,9,16H2,(H,18,19). The molecule has 5 heteroatoms. The molecule has 0 radical (unpaired) electrons. The molecule has 20 heavy (non-hydrogen) atoms. The van der Waals surface area contributed by atoms with Crippen molar-refractivity contribution in [3.8, 4) is 0 Å². The van der Waals surface area contributed by atoms with Crippen LogP contribution < -0.4 is 16.4 Å². The second-order valence-corrected chi connectivity index (χ2v) is 5.93. The number of nitrogens with one attached hydrogen (secondary N) is 2. The van der Waals surface area contributed by atoms with Crippen LogP contribution in [0.5, 0.6) is 0 Å². The van der Waals surface area contributed by atoms with Gasteiger partial charge in [0, 0.05) is 18.7 Å². The quantitative estimate of drug-likeness (QED) is 0.634. The average molecular weight is 275 g/mol. The van der Waals surface area contributed by atoms with Crippen LogP contribution in [0.15, 0.2) is 12.1 Å². The molecule has 0 bridgehead atoms. The Kier molecular flexibility index (Phi) is 3.30. The van der Waals surface area contributed by atoms with Crippen LogP contribution in [-0.2, 0) is 11.2 Å². The summed E-state index contributed by atoms with van der Waals surface area (Å²) in [7, 11) is 0. The third-order valence-corrected chi connectivity index (χ3v) is 4.31. The number of carbonyl (C=O) groups excluding carboxylic acids is 1. The number of nitrogen functional groups attached to an aromatic ring is 1. The van der Waals surface area contributed by atoms with Crippen LogP contribution in [0.25, 0.3) is 0 Å². The molecule has 0 spiro atoms. The molecule has 5 nitrogen and oxygen atoms in total. The number of aliphatic hydroxyl groups is 1. The first kappa shape index (κ1) is 13.2. The van der Waals surface area contributed by atoms with Crippen LogP contribution in [0.1, 0.15) is 37.7 Å². The fraction of sp³-hybridized carbons (Fsp3) is 0.533. The molecule has 5 N–H and O–H groups in total. The summed E-state index contributed by atoms with van der Waals surface area (Å²) in [6.07, 6.45) is 5.07. The minimum atomic E-state index is -0.619. The van der Waals surface area contributed by atoms with E-state index in [1.807, 2.05) is 12.1 Å². The molecule has 1 aliphatic carbocycles. The zero-order chi connectivity index (χ0) is 14.2. The molecule has 2 aliphatic rings. The van der Waals surface area contributed by atoms with Crippen molar-refractivity contribution in [2.45, 2.75) is 44.1 Å². The van der Waals surface area contributed by atoms with Gasteiger partial charge in [0.05, 0.1) is 17.0 Å². The van der Waals surface area contributed by atoms with E-state index in [2.05, 4.69) is 10.6 Å². The van der Waals surface area contributed by atoms with Gasteiger partial charge in [-0.05, 0) is 37.0 Å². The maximum atomic E-state index is 11.4. The van der Waals surface area contributed by atoms with E-state index in [0.29, 0.717) is 18.7 Å². The molecule has 0 atom stereocenters. The van der Waals surface area contributed by atoms with Gasteiger partial charge in [0.25, 0.3) is 0 Å². The van der Waals surface area contributed by atoms with Crippen molar-refractivity contribution in [2.75, 3.05) is 22.9 Å². The number of benzene rings is 1. The first-order chi connectivity index (χ1) is 9.56. The Morgan fingerprint density at radius 2 is 2.05 bits per heavy atom. The van der Waals surface area contributed by atoms with Crippen LogP contribution in [-0.4, -0.2) is 23.2 Å². The van der Waals surface area contributed by atoms with E-state index in [1.54, 1.807) is 0 Å². The van der Waals surface area contributed by atoms with Gasteiger partial charge in [-0.25, -0.2) is 0 Å². The van der Waals surface area contributed by atoms with Gasteiger partial charge in [-0.2, -0.15) is 0 Å². The molecule has 1 amide bonds. The van der Waals surface area contributed by atoms with E-state index in [1.165, 1.54) is 0 Å². The lowest BCUT2D eigenvalue weighted by Crippen LogP contribution is -2.33. The fourth-order valence-corrected chi connectivity index (χ4v) is 3.07. The van der Waals surface area contributed by atoms with E-state index in [-0.39, 0.29) is 5.91 Å². The Morgan fingerprint density at radius 1 is 1.30 bits per heavy atom. The fourth-order valence-electron chi connectivity index (χ4n) is 3.07. The summed E-state index contributed by atoms with van der Waals surface area (Å²) in [5.74, 6) is 0.0441. The van der Waals surface area contributed by atoms with Crippen molar-refractivity contribution < 1.29 is 9.90 Å². The number of hydrogen-bond donors (Lipinski definition) is 4. The molecule has 3 rings (SSSR count). The molecule has 108 valence electrons. The lowest BCUT2D eigenvalue weighted by Gasteiger charge is -2.25. The van der Waals surface area contributed by atoms with E-state index in [0.717, 1.165) is 49.0 Å². The van der Waals surface area contributed by atoms with Crippen LogP contribution in [0, 0.1) is 0 Å². The number of hydrogen-bond acceptors (Lipinski definition) is 4. The maximum absolute atomic E-state index is 11.4. The Morgan fingerprint density at radius 3 is 2.80 bits per heavy atom. The van der Waals surface area contributed by atoms with Gasteiger partial charge in [-0.3, -0.25) is 4.79 Å². The van der Waals surface area contributed by atoms with Crippen LogP contribution in [0.2, 0.25) is 0 Å². The van der Waals surface area contributed by atoms with E-state index >= 15 is 0 Å². The van der Waals surface area contributed by atoms with Crippen molar-refractivity contribution in [3.63, 3.8) is 0 Å². The Hall–Kier alpha value is -1.75. The van der Waals surface area contributed by atoms with Crippen molar-refractivity contribution in [3.05, 3.63) is 17.7 Å². The summed E-state index contributed by atoms with van der Waals surface area (Å²) in [5, 5.41) is 16.5. The molecule has 0 aromatic heterocycles. The number of aryl methyl sites for hydroxylation is 1. The number of anilines is 3. The number of fused-ring (bicyclic) bond motifs is 1. The summed E-state index contributed by atoms with van der Waals surface area (Å²) < 4.78 is 0. The summed E-state index contributed by atoms with van der Waals surface area (Å²) in [6, 6.07) is 3.79. The molecule has 1 fully saturated rings. The first-order valence-electron chi connectivity index (χ1n) is 7.24. The smallest absolute Gasteiger partial charge is 0.224 e. The van der Waals surface area contributed by atoms with E-state index < -0.39 is 5.60 Å². The molecule has 0 unspecified atom stereocenters. The number of carbonyl (C=O) groups is 1. The van der Waals surface area contributed by atoms with Crippen molar-refractivity contribution in [1.82, 2.24) is 0 Å². The van der Waals surface area contributed by atoms with Gasteiger partial charge < -0.3 is 21.5 Å². The van der Waals surface area contributed by atoms with Crippen molar-refractivity contribution in [2.24, 2.45) is 0 Å². The molecule has 1 aromatic rings. The highest BCUT2D eigenvalue weighted by Gasteiger charge is 2.31. The number of rotatable bonds is 3. The normalized spacial score (nSPS) is 20.4. The lowest BCUT2D eigenvalue weighted by atomic mass is 10.00. The second kappa shape index (κ2) is 4.98. The van der Waals surface area contributed by atoms with Gasteiger partial charge >= 0.3 is 0 Å². The lowest BCUT2D eigenvalue weighted by molar-refractivity contribution is -0.116. The van der Waals surface area contributed by atoms with Crippen molar-refractivity contribution in [1.29, 1.82) is 0 Å². The summed E-state index contributed by atoms with van der Waals surface area (Å²) in [5.41, 5.74) is 8.79. The molecule has 1 heterocycles. The van der Waals surface area contributed by atoms with Gasteiger partial charge in [-0.1, -0.05) is 12.8 Å². The minimum Gasteiger partial charge on any atom is -0.397 e. The van der Waals surface area contributed by atoms with E-state index in [4.69, 9.17) is 5.73 Å². The number of nitrogens with two attached hydrogens (primary N) is 1. The average Bonchev–Trinajstić information content (AvgIpc) is 2.84. The molecule has 0 saturated heterocycles. The molecule has 1 aromatic carbocycles. The number of amides is 1. The van der Waals surface area contributed by atoms with Crippen LogP contribution in [0.4, 0.5) is 17.1 Å². The SMILES string of the molecule is Nc1cc2c(cc1NCC1(O)CCCC1)NC(=O)CC2. The highest BCUT2D eigenvalue weighted by Crippen LogP contribution is 2.33. The topological polar surface area (TPSA) is 87.4 Å². The summed E-state index contributed by atoms with van der Waals surface area (Å²) in [4.78, 5) is 11.4. The molecule has 1 saturated carbocycles. The molecular formula is C15H21N3O2.